The Labute approximate surface area is 230 Å². The molecular weight excluding hydrogens is 505 g/mol. The van der Waals surface area contributed by atoms with Crippen molar-refractivity contribution >= 4 is 11.6 Å². The van der Waals surface area contributed by atoms with Gasteiger partial charge in [0.2, 0.25) is 5.91 Å². The minimum absolute atomic E-state index is 0.102. The van der Waals surface area contributed by atoms with E-state index in [2.05, 4.69) is 34.6 Å². The van der Waals surface area contributed by atoms with Crippen molar-refractivity contribution in [3.8, 4) is 5.75 Å². The first kappa shape index (κ1) is 29.2. The lowest BCUT2D eigenvalue weighted by Crippen LogP contribution is -2.54. The number of rotatable bonds is 9. The van der Waals surface area contributed by atoms with E-state index in [1.54, 1.807) is 7.11 Å². The van der Waals surface area contributed by atoms with Crippen molar-refractivity contribution in [3.05, 3.63) is 59.7 Å². The van der Waals surface area contributed by atoms with E-state index >= 15 is 0 Å². The molecule has 0 unspecified atom stereocenters. The van der Waals surface area contributed by atoms with E-state index in [0.717, 1.165) is 62.3 Å². The van der Waals surface area contributed by atoms with Gasteiger partial charge in [0.25, 0.3) is 0 Å². The van der Waals surface area contributed by atoms with E-state index in [4.69, 9.17) is 4.74 Å². The number of halogens is 3. The zero-order valence-corrected chi connectivity index (χ0v) is 23.3. The average molecular weight is 547 g/mol. The maximum Gasteiger partial charge on any atom is 0.416 e. The Hall–Kier alpha value is -2.78. The number of carbonyl (C=O) groups excluding carboxylic acids is 1. The molecule has 214 valence electrons. The van der Waals surface area contributed by atoms with Crippen LogP contribution in [0.25, 0.3) is 0 Å². The molecule has 39 heavy (non-hydrogen) atoms. The molecule has 0 atom stereocenters. The highest BCUT2D eigenvalue weighted by molar-refractivity contribution is 5.78. The Bertz CT molecular complexity index is 1090. The van der Waals surface area contributed by atoms with Gasteiger partial charge in [-0.1, -0.05) is 38.1 Å². The molecule has 2 aromatic rings. The van der Waals surface area contributed by atoms with Gasteiger partial charge < -0.3 is 19.4 Å². The topological polar surface area (TPSA) is 39.3 Å². The Morgan fingerprint density at radius 2 is 1.62 bits per heavy atom. The number of anilines is 1. The summed E-state index contributed by atoms with van der Waals surface area (Å²) in [6.45, 7) is 11.3. The summed E-state index contributed by atoms with van der Waals surface area (Å²) in [7, 11) is 1.66. The van der Waals surface area contributed by atoms with Crippen molar-refractivity contribution in [1.82, 2.24) is 14.7 Å². The number of likely N-dealkylation sites (N-methyl/N-ethyl adjacent to an activating group) is 1. The lowest BCUT2D eigenvalue weighted by Gasteiger charge is -2.45. The number of nitrogens with zero attached hydrogens (tertiary/aromatic N) is 4. The molecule has 6 nitrogen and oxygen atoms in total. The van der Waals surface area contributed by atoms with Crippen LogP contribution in [-0.4, -0.2) is 93.2 Å². The molecule has 0 N–H and O–H groups in total. The minimum atomic E-state index is -4.38. The lowest BCUT2D eigenvalue weighted by molar-refractivity contribution is -0.137. The molecule has 1 amide bonds. The van der Waals surface area contributed by atoms with E-state index in [9.17, 15) is 18.0 Å². The van der Waals surface area contributed by atoms with Gasteiger partial charge in [0, 0.05) is 63.0 Å². The first-order chi connectivity index (χ1) is 18.7. The summed E-state index contributed by atoms with van der Waals surface area (Å²) in [6.07, 6.45) is -3.07. The second-order valence-electron chi connectivity index (χ2n) is 10.7. The normalized spacial score (nSPS) is 18.4. The van der Waals surface area contributed by atoms with Gasteiger partial charge >= 0.3 is 6.18 Å². The van der Waals surface area contributed by atoms with Crippen LogP contribution in [0.4, 0.5) is 18.9 Å². The molecule has 0 bridgehead atoms. The van der Waals surface area contributed by atoms with Gasteiger partial charge in [-0.15, -0.1) is 0 Å². The number of ether oxygens (including phenoxy) is 1. The molecule has 0 radical (unpaired) electrons. The van der Waals surface area contributed by atoms with Crippen molar-refractivity contribution in [2.24, 2.45) is 0 Å². The van der Waals surface area contributed by atoms with E-state index in [-0.39, 0.29) is 5.91 Å². The monoisotopic (exact) mass is 546 g/mol. The van der Waals surface area contributed by atoms with Gasteiger partial charge in [0.05, 0.1) is 19.2 Å². The number of alkyl halides is 3. The van der Waals surface area contributed by atoms with E-state index in [1.807, 2.05) is 29.2 Å². The molecule has 0 aromatic heterocycles. The minimum Gasteiger partial charge on any atom is -0.497 e. The zero-order valence-electron chi connectivity index (χ0n) is 23.3. The van der Waals surface area contributed by atoms with Crippen molar-refractivity contribution in [3.63, 3.8) is 0 Å². The Kier molecular flexibility index (Phi) is 9.43. The van der Waals surface area contributed by atoms with E-state index < -0.39 is 17.2 Å². The molecule has 0 spiro atoms. The third-order valence-corrected chi connectivity index (χ3v) is 8.45. The van der Waals surface area contributed by atoms with Crippen LogP contribution >= 0.6 is 0 Å². The van der Waals surface area contributed by atoms with Crippen LogP contribution in [0.1, 0.15) is 37.8 Å². The summed E-state index contributed by atoms with van der Waals surface area (Å²) in [5.74, 6) is 0.933. The third-order valence-electron chi connectivity index (χ3n) is 8.45. The maximum atomic E-state index is 13.5. The predicted molar refractivity (Wildman–Crippen MR) is 148 cm³/mol. The largest absolute Gasteiger partial charge is 0.497 e. The number of amides is 1. The van der Waals surface area contributed by atoms with Crippen molar-refractivity contribution in [2.45, 2.75) is 38.3 Å². The number of hydrogen-bond acceptors (Lipinski definition) is 5. The number of methoxy groups -OCH3 is 1. The van der Waals surface area contributed by atoms with Crippen LogP contribution in [0, 0.1) is 0 Å². The highest BCUT2D eigenvalue weighted by Gasteiger charge is 2.40. The maximum absolute atomic E-state index is 13.5. The van der Waals surface area contributed by atoms with Crippen LogP contribution in [-0.2, 0) is 16.4 Å². The number of carbonyl (C=O) groups is 1. The molecule has 2 aromatic carbocycles. The van der Waals surface area contributed by atoms with Crippen molar-refractivity contribution in [2.75, 3.05) is 77.5 Å². The van der Waals surface area contributed by atoms with Gasteiger partial charge in [-0.25, -0.2) is 0 Å². The molecule has 0 aliphatic carbocycles. The van der Waals surface area contributed by atoms with Crippen LogP contribution in [0.5, 0.6) is 5.75 Å². The SMILES string of the molecule is CCN(CC)CC1(c2cccc(C(F)(F)F)c2)CCN(C(=O)CN2CCN(c3cccc(OC)c3)CC2)CC1. The summed E-state index contributed by atoms with van der Waals surface area (Å²) in [5, 5.41) is 0. The zero-order chi connectivity index (χ0) is 28.0. The Morgan fingerprint density at radius 3 is 2.23 bits per heavy atom. The summed E-state index contributed by atoms with van der Waals surface area (Å²) < 4.78 is 45.9. The Balaban J connectivity index is 1.37. The third kappa shape index (κ3) is 7.06. The highest BCUT2D eigenvalue weighted by atomic mass is 19.4. The van der Waals surface area contributed by atoms with Crippen LogP contribution in [0.3, 0.4) is 0 Å². The van der Waals surface area contributed by atoms with Crippen LogP contribution < -0.4 is 9.64 Å². The number of piperidine rings is 1. The first-order valence-corrected chi connectivity index (χ1v) is 14.0. The molecule has 0 saturated carbocycles. The highest BCUT2D eigenvalue weighted by Crippen LogP contribution is 2.39. The van der Waals surface area contributed by atoms with E-state index in [0.29, 0.717) is 39.0 Å². The second kappa shape index (κ2) is 12.6. The molecule has 2 heterocycles. The quantitative estimate of drug-likeness (QED) is 0.455. The molecule has 2 aliphatic heterocycles. The van der Waals surface area contributed by atoms with E-state index in [1.165, 1.54) is 12.1 Å². The summed E-state index contributed by atoms with van der Waals surface area (Å²) in [5.41, 5.74) is 0.831. The average Bonchev–Trinajstić information content (AvgIpc) is 2.96. The Morgan fingerprint density at radius 1 is 0.949 bits per heavy atom. The molecule has 2 saturated heterocycles. The standard InChI is InChI=1S/C30H41F3N4O2/c1-4-34(5-2)23-29(24-8-6-9-25(20-24)30(31,32)33)12-14-37(15-13-29)28(38)22-35-16-18-36(19-17-35)26-10-7-11-27(21-26)39-3/h6-11,20-21H,4-5,12-19,22-23H2,1-3H3. The molecule has 4 rings (SSSR count). The van der Waals surface area contributed by atoms with Crippen LogP contribution in [0.15, 0.2) is 48.5 Å². The molecular formula is C30H41F3N4O2. The number of hydrogen-bond donors (Lipinski definition) is 0. The predicted octanol–water partition coefficient (Wildman–Crippen LogP) is 4.74. The molecule has 2 aliphatic rings. The first-order valence-electron chi connectivity index (χ1n) is 14.0. The summed E-state index contributed by atoms with van der Waals surface area (Å²) >= 11 is 0. The van der Waals surface area contributed by atoms with Gasteiger partial charge in [-0.05, 0) is 49.7 Å². The van der Waals surface area contributed by atoms with Gasteiger partial charge in [-0.3, -0.25) is 9.69 Å². The number of likely N-dealkylation sites (tertiary alicyclic amines) is 1. The second-order valence-corrected chi connectivity index (χ2v) is 10.7. The summed E-state index contributed by atoms with van der Waals surface area (Å²) in [4.78, 5) is 22.0. The lowest BCUT2D eigenvalue weighted by atomic mass is 9.71. The van der Waals surface area contributed by atoms with Gasteiger partial charge in [0.15, 0.2) is 0 Å². The fourth-order valence-corrected chi connectivity index (χ4v) is 5.89. The number of piperazine rings is 1. The molecule has 2 fully saturated rings. The van der Waals surface area contributed by atoms with Crippen molar-refractivity contribution < 1.29 is 22.7 Å². The fraction of sp³-hybridized carbons (Fsp3) is 0.567. The number of benzene rings is 2. The molecule has 9 heteroatoms. The van der Waals surface area contributed by atoms with Gasteiger partial charge in [-0.2, -0.15) is 13.2 Å². The van der Waals surface area contributed by atoms with Crippen molar-refractivity contribution in [1.29, 1.82) is 0 Å². The fourth-order valence-electron chi connectivity index (χ4n) is 5.89. The van der Waals surface area contributed by atoms with Crippen LogP contribution in [0.2, 0.25) is 0 Å². The summed E-state index contributed by atoms with van der Waals surface area (Å²) in [6, 6.07) is 13.8. The smallest absolute Gasteiger partial charge is 0.416 e. The van der Waals surface area contributed by atoms with Gasteiger partial charge in [0.1, 0.15) is 5.75 Å².